The van der Waals surface area contributed by atoms with Crippen molar-refractivity contribution in [3.8, 4) is 0 Å². The third-order valence-electron chi connectivity index (χ3n) is 2.47. The molecule has 0 atom stereocenters. The van der Waals surface area contributed by atoms with E-state index in [0.717, 1.165) is 0 Å². The molecule has 1 radical (unpaired) electrons. The second-order valence-electron chi connectivity index (χ2n) is 3.52. The molecule has 0 aliphatic heterocycles. The van der Waals surface area contributed by atoms with Gasteiger partial charge in [0.05, 0.1) is 0 Å². The second-order valence-corrected chi connectivity index (χ2v) is 4.61. The van der Waals surface area contributed by atoms with Gasteiger partial charge in [-0.05, 0) is 31.2 Å². The molecule has 0 spiro atoms. The van der Waals surface area contributed by atoms with Crippen LogP contribution in [0.15, 0.2) is 36.4 Å². The molecule has 2 aromatic carbocycles. The summed E-state index contributed by atoms with van der Waals surface area (Å²) in [6.07, 6.45) is 0. The minimum absolute atomic E-state index is 1.32. The maximum Gasteiger partial charge on any atom is 0.0361 e. The number of hydrogen-bond donors (Lipinski definition) is 0. The van der Waals surface area contributed by atoms with Gasteiger partial charge < -0.3 is 0 Å². The highest BCUT2D eigenvalue weighted by Crippen LogP contribution is 2.33. The number of fused-ring (bicyclic) bond motifs is 3. The quantitative estimate of drug-likeness (QED) is 0.507. The van der Waals surface area contributed by atoms with Gasteiger partial charge in [0.1, 0.15) is 0 Å². The molecule has 3 rings (SSSR count). The maximum absolute atomic E-state index is 3.12. The van der Waals surface area contributed by atoms with Crippen molar-refractivity contribution >= 4 is 31.5 Å². The van der Waals surface area contributed by atoms with Crippen LogP contribution < -0.4 is 0 Å². The number of aryl methyl sites for hydroxylation is 1. The molecule has 1 heterocycles. The number of rotatable bonds is 0. The number of benzene rings is 2. The Labute approximate surface area is 86.8 Å². The monoisotopic (exact) mass is 197 g/mol. The van der Waals surface area contributed by atoms with Crippen LogP contribution >= 0.6 is 11.3 Å². The van der Waals surface area contributed by atoms with Crippen LogP contribution in [0.4, 0.5) is 0 Å². The molecule has 0 N–H and O–H groups in total. The summed E-state index contributed by atoms with van der Waals surface area (Å²) in [5, 5.41) is 2.73. The van der Waals surface area contributed by atoms with E-state index in [0.29, 0.717) is 0 Å². The van der Waals surface area contributed by atoms with E-state index < -0.39 is 0 Å². The van der Waals surface area contributed by atoms with Crippen molar-refractivity contribution in [1.29, 1.82) is 0 Å². The predicted molar refractivity (Wildman–Crippen MR) is 62.9 cm³/mol. The molecule has 67 valence electrons. The number of hydrogen-bond acceptors (Lipinski definition) is 1. The molecule has 0 aliphatic rings. The summed E-state index contributed by atoms with van der Waals surface area (Å²) in [4.78, 5) is 0. The zero-order chi connectivity index (χ0) is 9.54. The van der Waals surface area contributed by atoms with Crippen LogP contribution in [0, 0.1) is 13.0 Å². The fourth-order valence-corrected chi connectivity index (χ4v) is 2.85. The average molecular weight is 197 g/mol. The Hall–Kier alpha value is -1.34. The van der Waals surface area contributed by atoms with E-state index in [9.17, 15) is 0 Å². The molecule has 0 aliphatic carbocycles. The second kappa shape index (κ2) is 2.82. The summed E-state index contributed by atoms with van der Waals surface area (Å²) >= 11 is 1.84. The van der Waals surface area contributed by atoms with Gasteiger partial charge in [-0.25, -0.2) is 0 Å². The van der Waals surface area contributed by atoms with E-state index in [1.807, 2.05) is 17.4 Å². The molecule has 14 heavy (non-hydrogen) atoms. The third-order valence-corrected chi connectivity index (χ3v) is 3.60. The smallest absolute Gasteiger partial charge is 0.0361 e. The summed E-state index contributed by atoms with van der Waals surface area (Å²) in [5.74, 6) is 0. The van der Waals surface area contributed by atoms with Crippen LogP contribution in [-0.4, -0.2) is 0 Å². The van der Waals surface area contributed by atoms with Crippen molar-refractivity contribution < 1.29 is 0 Å². The van der Waals surface area contributed by atoms with Crippen molar-refractivity contribution in [2.45, 2.75) is 6.92 Å². The molecule has 0 saturated heterocycles. The largest absolute Gasteiger partial charge is 0.135 e. The van der Waals surface area contributed by atoms with E-state index in [-0.39, 0.29) is 0 Å². The number of thiophene rings is 1. The van der Waals surface area contributed by atoms with Crippen molar-refractivity contribution in [2.75, 3.05) is 0 Å². The first-order valence-electron chi connectivity index (χ1n) is 4.63. The van der Waals surface area contributed by atoms with E-state index in [4.69, 9.17) is 0 Å². The predicted octanol–water partition coefficient (Wildman–Crippen LogP) is 4.16. The standard InChI is InChI=1S/C13H9S/c1-9-6-7-13-11(8-9)10-4-2-3-5-12(10)14-13/h2,4-8H,1H3. The minimum atomic E-state index is 1.32. The molecule has 0 bridgehead atoms. The first-order chi connectivity index (χ1) is 6.84. The normalized spacial score (nSPS) is 11.2. The molecule has 0 saturated carbocycles. The first kappa shape index (κ1) is 8.01. The third kappa shape index (κ3) is 1.06. The summed E-state index contributed by atoms with van der Waals surface area (Å²) in [5.41, 5.74) is 1.32. The summed E-state index contributed by atoms with van der Waals surface area (Å²) in [6.45, 7) is 2.14. The Morgan fingerprint density at radius 2 is 2.00 bits per heavy atom. The lowest BCUT2D eigenvalue weighted by molar-refractivity contribution is 1.52. The Kier molecular flexibility index (Phi) is 1.62. The SMILES string of the molecule is Cc1ccc2sc3c[c]ccc3c2c1. The first-order valence-corrected chi connectivity index (χ1v) is 5.45. The lowest BCUT2D eigenvalue weighted by Gasteiger charge is -1.92. The van der Waals surface area contributed by atoms with Crippen molar-refractivity contribution in [3.63, 3.8) is 0 Å². The fourth-order valence-electron chi connectivity index (χ4n) is 1.78. The Balaban J connectivity index is 2.58. The average Bonchev–Trinajstić information content (AvgIpc) is 2.56. The Morgan fingerprint density at radius 1 is 1.07 bits per heavy atom. The van der Waals surface area contributed by atoms with Gasteiger partial charge in [0, 0.05) is 20.2 Å². The lowest BCUT2D eigenvalue weighted by atomic mass is 10.1. The summed E-state index contributed by atoms with van der Waals surface area (Å²) in [6, 6.07) is 15.9. The van der Waals surface area contributed by atoms with Gasteiger partial charge in [-0.1, -0.05) is 23.8 Å². The molecule has 1 aromatic heterocycles. The topological polar surface area (TPSA) is 0 Å². The maximum atomic E-state index is 3.12. The highest BCUT2D eigenvalue weighted by atomic mass is 32.1. The van der Waals surface area contributed by atoms with Crippen LogP contribution in [-0.2, 0) is 0 Å². The van der Waals surface area contributed by atoms with E-state index in [2.05, 4.69) is 43.3 Å². The van der Waals surface area contributed by atoms with Crippen molar-refractivity contribution in [2.24, 2.45) is 0 Å². The lowest BCUT2D eigenvalue weighted by Crippen LogP contribution is -1.69. The van der Waals surface area contributed by atoms with Crippen LogP contribution in [0.5, 0.6) is 0 Å². The van der Waals surface area contributed by atoms with E-state index in [1.54, 1.807) is 0 Å². The highest BCUT2D eigenvalue weighted by Gasteiger charge is 2.03. The molecular formula is C13H9S. The van der Waals surface area contributed by atoms with Gasteiger partial charge >= 0.3 is 0 Å². The van der Waals surface area contributed by atoms with Crippen LogP contribution in [0.25, 0.3) is 20.2 Å². The molecule has 0 unspecified atom stereocenters. The molecule has 0 amide bonds. The molecule has 3 aromatic rings. The van der Waals surface area contributed by atoms with Crippen LogP contribution in [0.3, 0.4) is 0 Å². The van der Waals surface area contributed by atoms with E-state index >= 15 is 0 Å². The zero-order valence-corrected chi connectivity index (χ0v) is 8.69. The van der Waals surface area contributed by atoms with Gasteiger partial charge in [0.15, 0.2) is 0 Å². The van der Waals surface area contributed by atoms with Crippen LogP contribution in [0.1, 0.15) is 5.56 Å². The highest BCUT2D eigenvalue weighted by molar-refractivity contribution is 7.25. The van der Waals surface area contributed by atoms with Gasteiger partial charge in [-0.3, -0.25) is 0 Å². The summed E-state index contributed by atoms with van der Waals surface area (Å²) < 4.78 is 2.69. The molecule has 1 heteroatoms. The van der Waals surface area contributed by atoms with Gasteiger partial charge in [-0.2, -0.15) is 0 Å². The van der Waals surface area contributed by atoms with Gasteiger partial charge in [-0.15, -0.1) is 11.3 Å². The zero-order valence-electron chi connectivity index (χ0n) is 7.87. The van der Waals surface area contributed by atoms with Gasteiger partial charge in [0.2, 0.25) is 0 Å². The van der Waals surface area contributed by atoms with E-state index in [1.165, 1.54) is 25.7 Å². The molecule has 0 fully saturated rings. The Morgan fingerprint density at radius 3 is 2.93 bits per heavy atom. The Bertz CT molecular complexity index is 605. The molecule has 0 nitrogen and oxygen atoms in total. The van der Waals surface area contributed by atoms with Crippen molar-refractivity contribution in [1.82, 2.24) is 0 Å². The summed E-state index contributed by atoms with van der Waals surface area (Å²) in [7, 11) is 0. The fraction of sp³-hybridized carbons (Fsp3) is 0.0769. The molecular weight excluding hydrogens is 188 g/mol. The van der Waals surface area contributed by atoms with Crippen LogP contribution in [0.2, 0.25) is 0 Å². The van der Waals surface area contributed by atoms with Gasteiger partial charge in [0.25, 0.3) is 0 Å². The van der Waals surface area contributed by atoms with Crippen molar-refractivity contribution in [3.05, 3.63) is 48.0 Å². The minimum Gasteiger partial charge on any atom is -0.135 e.